The maximum atomic E-state index is 11.4. The number of aliphatic imine (C=N–C) groups is 1. The summed E-state index contributed by atoms with van der Waals surface area (Å²) in [5.41, 5.74) is 11.9. The van der Waals surface area contributed by atoms with Crippen LogP contribution in [-0.2, 0) is 10.8 Å². The molecular weight excluding hydrogens is 562 g/mol. The zero-order chi connectivity index (χ0) is 32.8. The predicted molar refractivity (Wildman–Crippen MR) is 194 cm³/mol. The van der Waals surface area contributed by atoms with E-state index in [1.807, 2.05) is 24.3 Å². The number of imidazole rings is 1. The molecule has 0 radical (unpaired) electrons. The Morgan fingerprint density at radius 2 is 1.39 bits per heavy atom. The first-order valence-electron chi connectivity index (χ1n) is 16.0. The molecule has 0 bridgehead atoms. The average Bonchev–Trinajstić information content (AvgIpc) is 3.41. The lowest BCUT2D eigenvalue weighted by atomic mass is 9.79. The van der Waals surface area contributed by atoms with Crippen LogP contribution in [0.1, 0.15) is 69.4 Å². The van der Waals surface area contributed by atoms with Crippen molar-refractivity contribution >= 4 is 22.9 Å². The second-order valence-electron chi connectivity index (χ2n) is 14.3. The lowest BCUT2D eigenvalue weighted by Gasteiger charge is -2.27. The molecule has 4 nitrogen and oxygen atoms in total. The van der Waals surface area contributed by atoms with Gasteiger partial charge < -0.3 is 5.11 Å². The maximum absolute atomic E-state index is 11.4. The summed E-state index contributed by atoms with van der Waals surface area (Å²) < 4.78 is 2.23. The van der Waals surface area contributed by atoms with Gasteiger partial charge in [0.2, 0.25) is 0 Å². The van der Waals surface area contributed by atoms with Crippen LogP contribution < -0.4 is 0 Å². The summed E-state index contributed by atoms with van der Waals surface area (Å²) in [4.78, 5) is 10.4. The van der Waals surface area contributed by atoms with Gasteiger partial charge in [0.1, 0.15) is 11.6 Å². The minimum atomic E-state index is -0.222. The van der Waals surface area contributed by atoms with E-state index in [0.717, 1.165) is 50.5 Å². The fraction of sp³-hybridized carbons (Fsp3) is 0.238. The van der Waals surface area contributed by atoms with Crippen LogP contribution >= 0.6 is 0 Å². The minimum absolute atomic E-state index is 0.0813. The molecule has 4 heteroatoms. The van der Waals surface area contributed by atoms with Gasteiger partial charge in [0.15, 0.2) is 0 Å². The third-order valence-electron chi connectivity index (χ3n) is 8.68. The zero-order valence-corrected chi connectivity index (χ0v) is 28.2. The fourth-order valence-corrected chi connectivity index (χ4v) is 6.04. The van der Waals surface area contributed by atoms with Gasteiger partial charge in [0.25, 0.3) is 0 Å². The van der Waals surface area contributed by atoms with Crippen molar-refractivity contribution in [3.8, 4) is 34.0 Å². The average molecular weight is 606 g/mol. The Morgan fingerprint density at radius 3 is 2.11 bits per heavy atom. The van der Waals surface area contributed by atoms with E-state index in [1.165, 1.54) is 16.7 Å². The van der Waals surface area contributed by atoms with E-state index in [4.69, 9.17) is 9.98 Å². The van der Waals surface area contributed by atoms with Crippen molar-refractivity contribution in [2.24, 2.45) is 4.99 Å². The van der Waals surface area contributed by atoms with Crippen molar-refractivity contribution in [3.05, 3.63) is 131 Å². The number of phenols is 1. The van der Waals surface area contributed by atoms with Crippen molar-refractivity contribution in [2.75, 3.05) is 0 Å². The molecule has 0 aliphatic rings. The Kier molecular flexibility index (Phi) is 7.93. The molecule has 0 unspecified atom stereocenters. The summed E-state index contributed by atoms with van der Waals surface area (Å²) in [7, 11) is 0. The Bertz CT molecular complexity index is 2090. The Hall–Kier alpha value is -4.96. The molecule has 1 aromatic heterocycles. The van der Waals surface area contributed by atoms with E-state index < -0.39 is 0 Å². The third kappa shape index (κ3) is 5.88. The molecule has 0 saturated carbocycles. The highest BCUT2D eigenvalue weighted by molar-refractivity contribution is 5.97. The highest BCUT2D eigenvalue weighted by Crippen LogP contribution is 2.40. The molecule has 0 aliphatic heterocycles. The monoisotopic (exact) mass is 605 g/mol. The quantitative estimate of drug-likeness (QED) is 0.199. The van der Waals surface area contributed by atoms with Gasteiger partial charge in [-0.25, -0.2) is 4.98 Å². The molecule has 0 aliphatic carbocycles. The van der Waals surface area contributed by atoms with Gasteiger partial charge in [-0.15, -0.1) is 0 Å². The molecule has 6 aromatic rings. The number of phenolic OH excluding ortho intramolecular Hbond substituents is 1. The number of para-hydroxylation sites is 3. The molecular formula is C42H43N3O. The SMILES string of the molecule is Cc1ccc(C)c(-c2cccc3c2nc(-c2ccccc2N=Cc2cc(C(C)(C)C)cc(C(C)(C)C)c2O)n3-c2ccccc2)c1. The van der Waals surface area contributed by atoms with E-state index in [1.54, 1.807) is 6.21 Å². The smallest absolute Gasteiger partial charge is 0.147 e. The van der Waals surface area contributed by atoms with Gasteiger partial charge in [0.05, 0.1) is 16.7 Å². The van der Waals surface area contributed by atoms with Gasteiger partial charge >= 0.3 is 0 Å². The largest absolute Gasteiger partial charge is 0.507 e. The lowest BCUT2D eigenvalue weighted by Crippen LogP contribution is -2.17. The first-order valence-corrected chi connectivity index (χ1v) is 16.0. The molecule has 232 valence electrons. The molecule has 0 spiro atoms. The van der Waals surface area contributed by atoms with E-state index in [2.05, 4.69) is 139 Å². The Labute approximate surface area is 273 Å². The van der Waals surface area contributed by atoms with Crippen LogP contribution in [0.25, 0.3) is 39.2 Å². The molecule has 0 fully saturated rings. The number of hydrogen-bond acceptors (Lipinski definition) is 3. The van der Waals surface area contributed by atoms with E-state index in [0.29, 0.717) is 5.56 Å². The van der Waals surface area contributed by atoms with Gasteiger partial charge in [-0.3, -0.25) is 9.56 Å². The summed E-state index contributed by atoms with van der Waals surface area (Å²) in [6.45, 7) is 17.3. The zero-order valence-electron chi connectivity index (χ0n) is 28.2. The van der Waals surface area contributed by atoms with Crippen molar-refractivity contribution in [2.45, 2.75) is 66.2 Å². The van der Waals surface area contributed by atoms with Crippen LogP contribution in [0.2, 0.25) is 0 Å². The van der Waals surface area contributed by atoms with E-state index >= 15 is 0 Å². The molecule has 0 atom stereocenters. The summed E-state index contributed by atoms with van der Waals surface area (Å²) in [5.74, 6) is 1.09. The number of rotatable bonds is 5. The number of aromatic hydroxyl groups is 1. The highest BCUT2D eigenvalue weighted by atomic mass is 16.3. The molecule has 1 N–H and O–H groups in total. The van der Waals surface area contributed by atoms with Gasteiger partial charge in [-0.2, -0.15) is 0 Å². The molecule has 0 amide bonds. The molecule has 5 aromatic carbocycles. The standard InChI is InChI=1S/C42H43N3O/c1-27-21-22-28(2)34(23-27)32-18-14-20-37-38(32)44-40(45(37)31-15-10-9-11-16-31)33-17-12-13-19-36(33)43-26-29-24-30(41(3,4)5)25-35(39(29)46)42(6,7)8/h9-26,46H,1-8H3. The molecule has 1 heterocycles. The van der Waals surface area contributed by atoms with Crippen LogP contribution in [0.3, 0.4) is 0 Å². The van der Waals surface area contributed by atoms with Gasteiger partial charge in [0, 0.05) is 34.2 Å². The first-order chi connectivity index (χ1) is 21.8. The molecule has 46 heavy (non-hydrogen) atoms. The second kappa shape index (κ2) is 11.8. The second-order valence-corrected chi connectivity index (χ2v) is 14.3. The Balaban J connectivity index is 1.57. The normalized spacial score (nSPS) is 12.3. The predicted octanol–water partition coefficient (Wildman–Crippen LogP) is 11.0. The number of aryl methyl sites for hydroxylation is 2. The number of benzene rings is 5. The van der Waals surface area contributed by atoms with Crippen LogP contribution in [0.5, 0.6) is 5.75 Å². The third-order valence-corrected chi connectivity index (χ3v) is 8.68. The van der Waals surface area contributed by atoms with Crippen LogP contribution in [0, 0.1) is 13.8 Å². The van der Waals surface area contributed by atoms with Gasteiger partial charge in [-0.1, -0.05) is 114 Å². The number of nitrogens with zero attached hydrogens (tertiary/aromatic N) is 3. The topological polar surface area (TPSA) is 50.4 Å². The van der Waals surface area contributed by atoms with Crippen molar-refractivity contribution in [3.63, 3.8) is 0 Å². The van der Waals surface area contributed by atoms with Crippen LogP contribution in [0.4, 0.5) is 5.69 Å². The molecule has 6 rings (SSSR count). The van der Waals surface area contributed by atoms with Crippen molar-refractivity contribution in [1.29, 1.82) is 0 Å². The molecule has 0 saturated heterocycles. The fourth-order valence-electron chi connectivity index (χ4n) is 6.04. The Morgan fingerprint density at radius 1 is 0.696 bits per heavy atom. The van der Waals surface area contributed by atoms with Crippen molar-refractivity contribution < 1.29 is 5.11 Å². The number of hydrogen-bond donors (Lipinski definition) is 1. The van der Waals surface area contributed by atoms with Gasteiger partial charge in [-0.05, 0) is 77.8 Å². The summed E-state index contributed by atoms with van der Waals surface area (Å²) in [6, 6.07) is 35.7. The maximum Gasteiger partial charge on any atom is 0.147 e. The highest BCUT2D eigenvalue weighted by Gasteiger charge is 2.25. The van der Waals surface area contributed by atoms with Crippen LogP contribution in [-0.4, -0.2) is 20.9 Å². The van der Waals surface area contributed by atoms with Crippen LogP contribution in [0.15, 0.2) is 108 Å². The van der Waals surface area contributed by atoms with Crippen molar-refractivity contribution in [1.82, 2.24) is 9.55 Å². The minimum Gasteiger partial charge on any atom is -0.507 e. The number of fused-ring (bicyclic) bond motifs is 1. The summed E-state index contributed by atoms with van der Waals surface area (Å²) in [6.07, 6.45) is 1.80. The van der Waals surface area contributed by atoms with E-state index in [9.17, 15) is 5.11 Å². The first kappa shape index (κ1) is 31.0. The van der Waals surface area contributed by atoms with E-state index in [-0.39, 0.29) is 16.6 Å². The summed E-state index contributed by atoms with van der Waals surface area (Å²) in [5, 5.41) is 11.4. The summed E-state index contributed by atoms with van der Waals surface area (Å²) >= 11 is 0. The number of aromatic nitrogens is 2. The lowest BCUT2D eigenvalue weighted by molar-refractivity contribution is 0.444.